The van der Waals surface area contributed by atoms with E-state index >= 15 is 0 Å². The maximum Gasteiger partial charge on any atom is 0.337 e. The number of likely N-dealkylation sites (tertiary alicyclic amines) is 1. The van der Waals surface area contributed by atoms with Crippen LogP contribution in [0.1, 0.15) is 40.0 Å². The van der Waals surface area contributed by atoms with Gasteiger partial charge in [-0.3, -0.25) is 4.79 Å². The maximum atomic E-state index is 13.0. The second kappa shape index (κ2) is 9.56. The Balaban J connectivity index is 1.66. The van der Waals surface area contributed by atoms with Crippen molar-refractivity contribution in [2.45, 2.75) is 19.3 Å². The SMILES string of the molecule is COC(=O)c1cccc(C(=O)N2CCCC(CO)(CCOc3ccccc3)C2)c1. The lowest BCUT2D eigenvalue weighted by Gasteiger charge is -2.42. The van der Waals surface area contributed by atoms with E-state index in [1.54, 1.807) is 29.2 Å². The number of nitrogens with zero attached hydrogens (tertiary/aromatic N) is 1. The van der Waals surface area contributed by atoms with E-state index in [4.69, 9.17) is 9.47 Å². The van der Waals surface area contributed by atoms with Gasteiger partial charge >= 0.3 is 5.97 Å². The van der Waals surface area contributed by atoms with Crippen LogP contribution in [0.4, 0.5) is 0 Å². The van der Waals surface area contributed by atoms with Crippen molar-refractivity contribution in [1.29, 1.82) is 0 Å². The molecular formula is C23H27NO5. The molecule has 1 aliphatic heterocycles. The van der Waals surface area contributed by atoms with Crippen LogP contribution < -0.4 is 4.74 Å². The summed E-state index contributed by atoms with van der Waals surface area (Å²) in [5.74, 6) is 0.183. The molecule has 0 radical (unpaired) electrons. The summed E-state index contributed by atoms with van der Waals surface area (Å²) in [6.07, 6.45) is 2.31. The number of ether oxygens (including phenoxy) is 2. The van der Waals surface area contributed by atoms with Gasteiger partial charge in [-0.1, -0.05) is 24.3 Å². The Hall–Kier alpha value is -2.86. The van der Waals surface area contributed by atoms with Crippen LogP contribution in [-0.2, 0) is 4.74 Å². The maximum absolute atomic E-state index is 13.0. The number of piperidine rings is 1. The van der Waals surface area contributed by atoms with Crippen LogP contribution in [0, 0.1) is 5.41 Å². The molecular weight excluding hydrogens is 370 g/mol. The van der Waals surface area contributed by atoms with Gasteiger partial charge in [-0.05, 0) is 49.6 Å². The molecule has 0 bridgehead atoms. The number of benzene rings is 2. The van der Waals surface area contributed by atoms with Gasteiger partial charge in [-0.25, -0.2) is 4.79 Å². The first-order valence-electron chi connectivity index (χ1n) is 9.83. The lowest BCUT2D eigenvalue weighted by molar-refractivity contribution is 0.0156. The second-order valence-corrected chi connectivity index (χ2v) is 7.47. The van der Waals surface area contributed by atoms with E-state index in [1.165, 1.54) is 7.11 Å². The van der Waals surface area contributed by atoms with E-state index in [0.29, 0.717) is 37.2 Å². The van der Waals surface area contributed by atoms with Crippen molar-refractivity contribution < 1.29 is 24.2 Å². The minimum absolute atomic E-state index is 0.00285. The van der Waals surface area contributed by atoms with Gasteiger partial charge in [0.05, 0.1) is 25.9 Å². The molecule has 1 saturated heterocycles. The third-order valence-corrected chi connectivity index (χ3v) is 5.46. The molecule has 154 valence electrons. The fourth-order valence-electron chi connectivity index (χ4n) is 3.78. The predicted octanol–water partition coefficient (Wildman–Crippen LogP) is 3.16. The zero-order valence-electron chi connectivity index (χ0n) is 16.7. The second-order valence-electron chi connectivity index (χ2n) is 7.47. The Morgan fingerprint density at radius 1 is 1.10 bits per heavy atom. The molecule has 2 aromatic carbocycles. The summed E-state index contributed by atoms with van der Waals surface area (Å²) < 4.78 is 10.5. The third kappa shape index (κ3) is 5.15. The number of aliphatic hydroxyl groups excluding tert-OH is 1. The van der Waals surface area contributed by atoms with Gasteiger partial charge in [0.15, 0.2) is 0 Å². The van der Waals surface area contributed by atoms with Gasteiger partial charge in [-0.15, -0.1) is 0 Å². The molecule has 1 N–H and O–H groups in total. The molecule has 2 aromatic rings. The van der Waals surface area contributed by atoms with Crippen LogP contribution in [0.2, 0.25) is 0 Å². The van der Waals surface area contributed by atoms with Gasteiger partial charge in [0.2, 0.25) is 0 Å². The van der Waals surface area contributed by atoms with Crippen molar-refractivity contribution >= 4 is 11.9 Å². The monoisotopic (exact) mass is 397 g/mol. The van der Waals surface area contributed by atoms with Gasteiger partial charge in [0.1, 0.15) is 5.75 Å². The minimum Gasteiger partial charge on any atom is -0.494 e. The lowest BCUT2D eigenvalue weighted by atomic mass is 9.78. The number of rotatable bonds is 7. The molecule has 6 nitrogen and oxygen atoms in total. The molecule has 0 saturated carbocycles. The smallest absolute Gasteiger partial charge is 0.337 e. The first-order valence-corrected chi connectivity index (χ1v) is 9.83. The molecule has 1 aliphatic rings. The number of carbonyl (C=O) groups excluding carboxylic acids is 2. The first kappa shape index (κ1) is 20.9. The zero-order valence-corrected chi connectivity index (χ0v) is 16.7. The van der Waals surface area contributed by atoms with Crippen LogP contribution >= 0.6 is 0 Å². The molecule has 6 heteroatoms. The molecule has 29 heavy (non-hydrogen) atoms. The standard InChI is InChI=1S/C23H27NO5/c1-28-22(27)19-8-5-7-18(15-19)21(26)24-13-6-11-23(16-24,17-25)12-14-29-20-9-3-2-4-10-20/h2-5,7-10,15,25H,6,11-14,16-17H2,1H3. The lowest BCUT2D eigenvalue weighted by Crippen LogP contribution is -2.48. The molecule has 1 fully saturated rings. The molecule has 0 spiro atoms. The quantitative estimate of drug-likeness (QED) is 0.727. The number of aliphatic hydroxyl groups is 1. The summed E-state index contributed by atoms with van der Waals surface area (Å²) in [5, 5.41) is 10.1. The Bertz CT molecular complexity index is 838. The summed E-state index contributed by atoms with van der Waals surface area (Å²) in [7, 11) is 1.31. The van der Waals surface area contributed by atoms with Gasteiger partial charge in [-0.2, -0.15) is 0 Å². The third-order valence-electron chi connectivity index (χ3n) is 5.46. The highest BCUT2D eigenvalue weighted by Gasteiger charge is 2.37. The number of methoxy groups -OCH3 is 1. The van der Waals surface area contributed by atoms with Gasteiger partial charge in [0.25, 0.3) is 5.91 Å². The van der Waals surface area contributed by atoms with Crippen LogP contribution in [0.3, 0.4) is 0 Å². The van der Waals surface area contributed by atoms with Crippen LogP contribution in [0.25, 0.3) is 0 Å². The van der Waals surface area contributed by atoms with Crippen molar-refractivity contribution in [3.63, 3.8) is 0 Å². The number of esters is 1. The van der Waals surface area contributed by atoms with E-state index in [9.17, 15) is 14.7 Å². The number of hydrogen-bond donors (Lipinski definition) is 1. The van der Waals surface area contributed by atoms with Crippen molar-refractivity contribution in [3.8, 4) is 5.75 Å². The van der Waals surface area contributed by atoms with Crippen molar-refractivity contribution in [2.75, 3.05) is 33.4 Å². The zero-order chi connectivity index (χ0) is 20.7. The van der Waals surface area contributed by atoms with Crippen molar-refractivity contribution in [1.82, 2.24) is 4.90 Å². The highest BCUT2D eigenvalue weighted by molar-refractivity contribution is 5.98. The Labute approximate surface area is 171 Å². The summed E-state index contributed by atoms with van der Waals surface area (Å²) in [6, 6.07) is 16.1. The number of carbonyl (C=O) groups is 2. The Morgan fingerprint density at radius 3 is 2.59 bits per heavy atom. The predicted molar refractivity (Wildman–Crippen MR) is 109 cm³/mol. The number of para-hydroxylation sites is 1. The Morgan fingerprint density at radius 2 is 1.86 bits per heavy atom. The van der Waals surface area contributed by atoms with Gasteiger partial charge < -0.3 is 19.5 Å². The van der Waals surface area contributed by atoms with E-state index in [2.05, 4.69) is 0 Å². The largest absolute Gasteiger partial charge is 0.494 e. The van der Waals surface area contributed by atoms with Gasteiger partial charge in [0, 0.05) is 24.1 Å². The molecule has 1 unspecified atom stereocenters. The van der Waals surface area contributed by atoms with Crippen molar-refractivity contribution in [3.05, 3.63) is 65.7 Å². The molecule has 1 atom stereocenters. The van der Waals surface area contributed by atoms with E-state index < -0.39 is 5.97 Å². The number of amides is 1. The van der Waals surface area contributed by atoms with Crippen LogP contribution in [-0.4, -0.2) is 55.3 Å². The highest BCUT2D eigenvalue weighted by Crippen LogP contribution is 2.34. The summed E-state index contributed by atoms with van der Waals surface area (Å²) in [5.41, 5.74) is 0.407. The summed E-state index contributed by atoms with van der Waals surface area (Å²) >= 11 is 0. The van der Waals surface area contributed by atoms with Crippen LogP contribution in [0.15, 0.2) is 54.6 Å². The summed E-state index contributed by atoms with van der Waals surface area (Å²) in [4.78, 5) is 26.5. The molecule has 1 amide bonds. The topological polar surface area (TPSA) is 76.1 Å². The normalized spacial score (nSPS) is 18.9. The van der Waals surface area contributed by atoms with E-state index in [1.807, 2.05) is 30.3 Å². The van der Waals surface area contributed by atoms with E-state index in [-0.39, 0.29) is 17.9 Å². The van der Waals surface area contributed by atoms with Crippen molar-refractivity contribution in [2.24, 2.45) is 5.41 Å². The first-order chi connectivity index (χ1) is 14.1. The average molecular weight is 397 g/mol. The fraction of sp³-hybridized carbons (Fsp3) is 0.391. The Kier molecular flexibility index (Phi) is 6.88. The fourth-order valence-corrected chi connectivity index (χ4v) is 3.78. The molecule has 0 aliphatic carbocycles. The molecule has 0 aromatic heterocycles. The molecule has 1 heterocycles. The molecule has 3 rings (SSSR count). The highest BCUT2D eigenvalue weighted by atomic mass is 16.5. The van der Waals surface area contributed by atoms with E-state index in [0.717, 1.165) is 18.6 Å². The number of hydrogen-bond acceptors (Lipinski definition) is 5. The minimum atomic E-state index is -0.471. The van der Waals surface area contributed by atoms with Crippen LogP contribution in [0.5, 0.6) is 5.75 Å². The summed E-state index contributed by atoms with van der Waals surface area (Å²) in [6.45, 7) is 1.56. The average Bonchev–Trinajstić information content (AvgIpc) is 2.79.